The summed E-state index contributed by atoms with van der Waals surface area (Å²) in [6.45, 7) is 14.9. The second-order valence-electron chi connectivity index (χ2n) is 8.12. The topological polar surface area (TPSA) is 29.3 Å². The normalized spacial score (nSPS) is 14.4. The average Bonchev–Trinajstić information content (AvgIpc) is 2.78. The van der Waals surface area contributed by atoms with Gasteiger partial charge in [0.05, 0.1) is 0 Å². The summed E-state index contributed by atoms with van der Waals surface area (Å²) in [5.74, 6) is 0.748. The van der Waals surface area contributed by atoms with Crippen LogP contribution in [0.2, 0.25) is 0 Å². The molecule has 1 aliphatic heterocycles. The van der Waals surface area contributed by atoms with Crippen molar-refractivity contribution in [2.75, 3.05) is 19.6 Å². The number of piperidine rings is 1. The fourth-order valence-electron chi connectivity index (χ4n) is 3.66. The molecule has 0 unspecified atom stereocenters. The minimum absolute atomic E-state index is 0.143. The highest BCUT2D eigenvalue weighted by atomic mass is 19.1. The number of nitrogens with zero attached hydrogens (tertiary/aromatic N) is 1. The predicted octanol–water partition coefficient (Wildman–Crippen LogP) is 6.53. The average molecular weight is 415 g/mol. The van der Waals surface area contributed by atoms with Crippen molar-refractivity contribution in [1.82, 2.24) is 4.90 Å². The lowest BCUT2D eigenvalue weighted by atomic mass is 9.99. The van der Waals surface area contributed by atoms with Crippen LogP contribution in [0.4, 0.5) is 4.39 Å². The molecule has 1 fully saturated rings. The van der Waals surface area contributed by atoms with E-state index < -0.39 is 0 Å². The van der Waals surface area contributed by atoms with Gasteiger partial charge in [-0.15, -0.1) is 0 Å². The van der Waals surface area contributed by atoms with Gasteiger partial charge in [0.2, 0.25) is 0 Å². The van der Waals surface area contributed by atoms with Gasteiger partial charge >= 0.3 is 0 Å². The Labute approximate surface area is 184 Å². The second kappa shape index (κ2) is 15.1. The van der Waals surface area contributed by atoms with E-state index in [0.717, 1.165) is 18.9 Å². The molecule has 2 aromatic rings. The van der Waals surface area contributed by atoms with Crippen molar-refractivity contribution in [3.8, 4) is 0 Å². The van der Waals surface area contributed by atoms with Crippen LogP contribution < -0.4 is 5.73 Å². The Morgan fingerprint density at radius 3 is 2.10 bits per heavy atom. The van der Waals surface area contributed by atoms with Crippen molar-refractivity contribution in [1.29, 1.82) is 0 Å². The summed E-state index contributed by atoms with van der Waals surface area (Å²) in [4.78, 5) is 2.52. The van der Waals surface area contributed by atoms with E-state index in [2.05, 4.69) is 43.9 Å². The summed E-state index contributed by atoms with van der Waals surface area (Å²) >= 11 is 0. The molecule has 0 amide bonds. The van der Waals surface area contributed by atoms with E-state index in [1.165, 1.54) is 61.0 Å². The van der Waals surface area contributed by atoms with Gasteiger partial charge in [0.15, 0.2) is 0 Å². The maximum Gasteiger partial charge on any atom is 0.123 e. The van der Waals surface area contributed by atoms with Crippen molar-refractivity contribution < 1.29 is 4.39 Å². The summed E-state index contributed by atoms with van der Waals surface area (Å²) in [6.07, 6.45) is 6.07. The van der Waals surface area contributed by atoms with Crippen LogP contribution in [0.25, 0.3) is 0 Å². The van der Waals surface area contributed by atoms with Crippen molar-refractivity contribution in [2.24, 2.45) is 11.7 Å². The van der Waals surface area contributed by atoms with Crippen molar-refractivity contribution in [2.45, 2.75) is 73.3 Å². The van der Waals surface area contributed by atoms with E-state index in [4.69, 9.17) is 5.73 Å². The fraction of sp³-hybridized carbons (Fsp3) is 0.556. The zero-order chi connectivity index (χ0) is 22.4. The first-order valence-electron chi connectivity index (χ1n) is 11.8. The van der Waals surface area contributed by atoms with Gasteiger partial charge in [-0.1, -0.05) is 64.4 Å². The van der Waals surface area contributed by atoms with Crippen LogP contribution in [-0.2, 0) is 19.4 Å². The molecule has 0 saturated carbocycles. The molecule has 2 N–H and O–H groups in total. The Hall–Kier alpha value is -1.71. The number of nitrogens with two attached hydrogens (primary N) is 1. The molecule has 2 aromatic carbocycles. The van der Waals surface area contributed by atoms with Gasteiger partial charge in [0.25, 0.3) is 0 Å². The third-order valence-corrected chi connectivity index (χ3v) is 5.67. The maximum atomic E-state index is 12.7. The van der Waals surface area contributed by atoms with Crippen molar-refractivity contribution in [3.63, 3.8) is 0 Å². The first kappa shape index (κ1) is 26.3. The Kier molecular flexibility index (Phi) is 13.3. The minimum atomic E-state index is -0.143. The highest BCUT2D eigenvalue weighted by molar-refractivity contribution is 5.31. The first-order valence-corrected chi connectivity index (χ1v) is 11.8. The van der Waals surface area contributed by atoms with Gasteiger partial charge in [0.1, 0.15) is 5.82 Å². The highest BCUT2D eigenvalue weighted by Gasteiger charge is 2.14. The molecule has 0 atom stereocenters. The summed E-state index contributed by atoms with van der Waals surface area (Å²) in [5, 5.41) is 0. The standard InChI is InChI=1S/C14H20FN.C11H17N.C2H6/c1-12-6-9-16(10-7-12)11-8-13-2-4-14(15)5-3-13;1-3-4-11-6-5-10(8-12)7-9(11)2;1-2/h2-5,12H,6-11H2,1H3;5-7H,3-4,8,12H2,1-2H3;1-2H3. The van der Waals surface area contributed by atoms with Gasteiger partial charge in [-0.2, -0.15) is 0 Å². The minimum Gasteiger partial charge on any atom is -0.326 e. The number of likely N-dealkylation sites (tertiary alicyclic amines) is 1. The molecule has 3 rings (SSSR count). The van der Waals surface area contributed by atoms with Crippen LogP contribution in [0.1, 0.15) is 69.2 Å². The molecule has 30 heavy (non-hydrogen) atoms. The predicted molar refractivity (Wildman–Crippen MR) is 129 cm³/mol. The molecule has 3 heteroatoms. The van der Waals surface area contributed by atoms with Crippen LogP contribution in [0, 0.1) is 18.7 Å². The Morgan fingerprint density at radius 2 is 1.57 bits per heavy atom. The molecule has 1 heterocycles. The third-order valence-electron chi connectivity index (χ3n) is 5.67. The van der Waals surface area contributed by atoms with Gasteiger partial charge in [0, 0.05) is 13.1 Å². The van der Waals surface area contributed by atoms with Crippen LogP contribution in [0.5, 0.6) is 0 Å². The van der Waals surface area contributed by atoms with Gasteiger partial charge in [-0.05, 0) is 86.0 Å². The second-order valence-corrected chi connectivity index (χ2v) is 8.12. The van der Waals surface area contributed by atoms with Crippen LogP contribution in [0.3, 0.4) is 0 Å². The fourth-order valence-corrected chi connectivity index (χ4v) is 3.66. The van der Waals surface area contributed by atoms with Crippen molar-refractivity contribution in [3.05, 3.63) is 70.5 Å². The molecule has 1 saturated heterocycles. The van der Waals surface area contributed by atoms with Gasteiger partial charge < -0.3 is 10.6 Å². The molecule has 1 aliphatic rings. The third kappa shape index (κ3) is 9.86. The maximum absolute atomic E-state index is 12.7. The van der Waals surface area contributed by atoms with Crippen molar-refractivity contribution >= 4 is 0 Å². The largest absolute Gasteiger partial charge is 0.326 e. The van der Waals surface area contributed by atoms with E-state index in [1.807, 2.05) is 26.0 Å². The monoisotopic (exact) mass is 414 g/mol. The summed E-state index contributed by atoms with van der Waals surface area (Å²) in [6, 6.07) is 13.4. The molecular weight excluding hydrogens is 371 g/mol. The van der Waals surface area contributed by atoms with Crippen LogP contribution >= 0.6 is 0 Å². The van der Waals surface area contributed by atoms with E-state index in [0.29, 0.717) is 6.54 Å². The molecule has 2 nitrogen and oxygen atoms in total. The Balaban J connectivity index is 0.000000287. The lowest BCUT2D eigenvalue weighted by Gasteiger charge is -2.30. The summed E-state index contributed by atoms with van der Waals surface area (Å²) in [7, 11) is 0. The first-order chi connectivity index (χ1) is 14.5. The lowest BCUT2D eigenvalue weighted by molar-refractivity contribution is 0.194. The number of hydrogen-bond donors (Lipinski definition) is 1. The van der Waals surface area contributed by atoms with Crippen LogP contribution in [0.15, 0.2) is 42.5 Å². The van der Waals surface area contributed by atoms with E-state index in [9.17, 15) is 4.39 Å². The number of halogens is 1. The summed E-state index contributed by atoms with van der Waals surface area (Å²) in [5.41, 5.74) is 10.8. The van der Waals surface area contributed by atoms with Gasteiger partial charge in [-0.25, -0.2) is 4.39 Å². The zero-order valence-corrected chi connectivity index (χ0v) is 19.9. The molecule has 0 bridgehead atoms. The van der Waals surface area contributed by atoms with Crippen LogP contribution in [-0.4, -0.2) is 24.5 Å². The van der Waals surface area contributed by atoms with E-state index >= 15 is 0 Å². The number of benzene rings is 2. The quantitative estimate of drug-likeness (QED) is 0.582. The molecule has 0 spiro atoms. The number of rotatable bonds is 6. The molecule has 0 radical (unpaired) electrons. The summed E-state index contributed by atoms with van der Waals surface area (Å²) < 4.78 is 12.7. The van der Waals surface area contributed by atoms with E-state index in [-0.39, 0.29) is 5.82 Å². The molecule has 0 aromatic heterocycles. The smallest absolute Gasteiger partial charge is 0.123 e. The van der Waals surface area contributed by atoms with Gasteiger partial charge in [-0.3, -0.25) is 0 Å². The molecule has 168 valence electrons. The zero-order valence-electron chi connectivity index (χ0n) is 19.9. The van der Waals surface area contributed by atoms with E-state index in [1.54, 1.807) is 12.1 Å². The SMILES string of the molecule is CC.CC1CCN(CCc2ccc(F)cc2)CC1.CCCc1ccc(CN)cc1C. The number of hydrogen-bond acceptors (Lipinski definition) is 2. The highest BCUT2D eigenvalue weighted by Crippen LogP contribution is 2.16. The number of aryl methyl sites for hydroxylation is 2. The Bertz CT molecular complexity index is 689. The molecule has 0 aliphatic carbocycles. The lowest BCUT2D eigenvalue weighted by Crippen LogP contribution is -2.34. The molecular formula is C27H43FN2. The Morgan fingerprint density at radius 1 is 0.967 bits per heavy atom.